The molecule has 0 atom stereocenters. The largest absolute Gasteiger partial charge is 0.408 e. The quantitative estimate of drug-likeness (QED) is 0.576. The van der Waals surface area contributed by atoms with E-state index >= 15 is 0 Å². The number of benzene rings is 1. The molecule has 22 heavy (non-hydrogen) atoms. The highest BCUT2D eigenvalue weighted by Gasteiger charge is 2.08. The van der Waals surface area contributed by atoms with Crippen LogP contribution < -0.4 is 16.0 Å². The molecule has 0 aliphatic rings. The summed E-state index contributed by atoms with van der Waals surface area (Å²) in [6, 6.07) is 11.8. The number of esters is 1. The fraction of sp³-hybridized carbons (Fsp3) is 0.0625. The summed E-state index contributed by atoms with van der Waals surface area (Å²) in [4.78, 5) is 27.6. The van der Waals surface area contributed by atoms with Crippen LogP contribution in [0.3, 0.4) is 0 Å². The van der Waals surface area contributed by atoms with E-state index in [1.165, 1.54) is 17.6 Å². The summed E-state index contributed by atoms with van der Waals surface area (Å²) >= 11 is 0. The number of hydrogen-bond acceptors (Lipinski definition) is 5. The lowest BCUT2D eigenvalue weighted by Gasteiger charge is -2.08. The smallest absolute Gasteiger partial charge is 0.309 e. The molecule has 0 aliphatic carbocycles. The third-order valence-corrected chi connectivity index (χ3v) is 3.15. The number of aromatic nitrogens is 2. The van der Waals surface area contributed by atoms with Crippen LogP contribution in [0.5, 0.6) is 5.88 Å². The van der Waals surface area contributed by atoms with Crippen LogP contribution in [0.2, 0.25) is 0 Å². The van der Waals surface area contributed by atoms with Crippen LogP contribution in [0.1, 0.15) is 6.92 Å². The third-order valence-electron chi connectivity index (χ3n) is 3.15. The van der Waals surface area contributed by atoms with E-state index in [0.29, 0.717) is 22.3 Å². The Morgan fingerprint density at radius 2 is 1.86 bits per heavy atom. The molecule has 0 bridgehead atoms. The van der Waals surface area contributed by atoms with Crippen LogP contribution in [0.15, 0.2) is 53.5 Å². The first kappa shape index (κ1) is 13.8. The Balaban J connectivity index is 2.12. The Kier molecular flexibility index (Phi) is 3.34. The molecular formula is C16H13N3O3. The number of ether oxygens (including phenoxy) is 1. The molecule has 1 aromatic carbocycles. The van der Waals surface area contributed by atoms with Crippen LogP contribution in [-0.2, 0) is 4.79 Å². The second kappa shape index (κ2) is 5.33. The van der Waals surface area contributed by atoms with E-state index < -0.39 is 5.97 Å². The van der Waals surface area contributed by atoms with Gasteiger partial charge in [0.25, 0.3) is 5.56 Å². The molecule has 2 aromatic heterocycles. The second-order valence-electron chi connectivity index (χ2n) is 4.76. The number of anilines is 1. The first-order chi connectivity index (χ1) is 10.5. The van der Waals surface area contributed by atoms with Crippen molar-refractivity contribution in [2.24, 2.45) is 0 Å². The van der Waals surface area contributed by atoms with E-state index in [9.17, 15) is 9.59 Å². The summed E-state index contributed by atoms with van der Waals surface area (Å²) in [6.07, 6.45) is 1.63. The first-order valence-electron chi connectivity index (χ1n) is 6.61. The number of hydrogen-bond donors (Lipinski definition) is 1. The zero-order valence-corrected chi connectivity index (χ0v) is 11.8. The second-order valence-corrected chi connectivity index (χ2v) is 4.76. The number of rotatable bonds is 2. The van der Waals surface area contributed by atoms with Crippen molar-refractivity contribution in [1.29, 1.82) is 0 Å². The highest BCUT2D eigenvalue weighted by atomic mass is 16.5. The highest BCUT2D eigenvalue weighted by molar-refractivity contribution is 5.79. The molecule has 0 radical (unpaired) electrons. The number of pyridine rings is 2. The number of carbonyl (C=O) groups is 1. The van der Waals surface area contributed by atoms with Crippen LogP contribution in [-0.4, -0.2) is 15.5 Å². The minimum Gasteiger partial charge on any atom is -0.408 e. The fourth-order valence-electron chi connectivity index (χ4n) is 2.15. The van der Waals surface area contributed by atoms with Gasteiger partial charge in [-0.1, -0.05) is 0 Å². The van der Waals surface area contributed by atoms with E-state index in [-0.39, 0.29) is 11.4 Å². The zero-order valence-electron chi connectivity index (χ0n) is 11.8. The van der Waals surface area contributed by atoms with Crippen LogP contribution >= 0.6 is 0 Å². The third kappa shape index (κ3) is 2.54. The minimum absolute atomic E-state index is 0.171. The van der Waals surface area contributed by atoms with Crippen LogP contribution in [0.25, 0.3) is 16.6 Å². The van der Waals surface area contributed by atoms with Gasteiger partial charge in [0.05, 0.1) is 10.9 Å². The standard InChI is InChI=1S/C16H13N3O3/c1-10(20)22-15-7-6-13-14(18-15)8-9-19(16(13)21)12-4-2-11(17)3-5-12/h2-9H,17H2,1H3. The lowest BCUT2D eigenvalue weighted by molar-refractivity contribution is -0.132. The maximum atomic E-state index is 12.5. The number of nitrogen functional groups attached to an aromatic ring is 1. The van der Waals surface area contributed by atoms with Crippen molar-refractivity contribution >= 4 is 22.6 Å². The van der Waals surface area contributed by atoms with Gasteiger partial charge in [0.15, 0.2) is 0 Å². The maximum Gasteiger partial charge on any atom is 0.309 e. The van der Waals surface area contributed by atoms with Crippen molar-refractivity contribution in [2.45, 2.75) is 6.92 Å². The van der Waals surface area contributed by atoms with Gasteiger partial charge in [-0.25, -0.2) is 4.98 Å². The molecule has 3 aromatic rings. The predicted octanol–water partition coefficient (Wildman–Crippen LogP) is 1.89. The molecule has 0 saturated carbocycles. The van der Waals surface area contributed by atoms with Gasteiger partial charge in [0, 0.05) is 30.6 Å². The molecule has 0 unspecified atom stereocenters. The van der Waals surface area contributed by atoms with Crippen molar-refractivity contribution in [1.82, 2.24) is 9.55 Å². The van der Waals surface area contributed by atoms with Gasteiger partial charge in [-0.15, -0.1) is 0 Å². The molecule has 6 heteroatoms. The van der Waals surface area contributed by atoms with Crippen molar-refractivity contribution in [3.8, 4) is 11.6 Å². The molecular weight excluding hydrogens is 282 g/mol. The molecule has 0 aliphatic heterocycles. The minimum atomic E-state index is -0.456. The lowest BCUT2D eigenvalue weighted by Crippen LogP contribution is -2.18. The molecule has 0 saturated heterocycles. The van der Waals surface area contributed by atoms with Gasteiger partial charge in [-0.2, -0.15) is 0 Å². The zero-order chi connectivity index (χ0) is 15.7. The van der Waals surface area contributed by atoms with Gasteiger partial charge in [0.2, 0.25) is 5.88 Å². The Labute approximate surface area is 125 Å². The Bertz CT molecular complexity index is 914. The predicted molar refractivity (Wildman–Crippen MR) is 83.1 cm³/mol. The average molecular weight is 295 g/mol. The molecule has 6 nitrogen and oxygen atoms in total. The Hall–Kier alpha value is -3.15. The van der Waals surface area contributed by atoms with Crippen LogP contribution in [0, 0.1) is 0 Å². The highest BCUT2D eigenvalue weighted by Crippen LogP contribution is 2.15. The van der Waals surface area contributed by atoms with E-state index in [4.69, 9.17) is 10.5 Å². The first-order valence-corrected chi connectivity index (χ1v) is 6.61. The van der Waals surface area contributed by atoms with E-state index in [1.54, 1.807) is 42.6 Å². The van der Waals surface area contributed by atoms with Gasteiger partial charge >= 0.3 is 5.97 Å². The van der Waals surface area contributed by atoms with E-state index in [1.807, 2.05) is 0 Å². The van der Waals surface area contributed by atoms with Gasteiger partial charge < -0.3 is 10.5 Å². The van der Waals surface area contributed by atoms with Crippen molar-refractivity contribution in [3.05, 3.63) is 59.0 Å². The average Bonchev–Trinajstić information content (AvgIpc) is 2.48. The van der Waals surface area contributed by atoms with Crippen molar-refractivity contribution in [2.75, 3.05) is 5.73 Å². The number of fused-ring (bicyclic) bond motifs is 1. The summed E-state index contributed by atoms with van der Waals surface area (Å²) in [6.45, 7) is 1.30. The van der Waals surface area contributed by atoms with Crippen molar-refractivity contribution in [3.63, 3.8) is 0 Å². The number of nitrogens with zero attached hydrogens (tertiary/aromatic N) is 2. The van der Waals surface area contributed by atoms with Gasteiger partial charge in [-0.3, -0.25) is 14.2 Å². The monoisotopic (exact) mass is 295 g/mol. The Morgan fingerprint density at radius 3 is 2.55 bits per heavy atom. The number of nitrogens with two attached hydrogens (primary N) is 1. The van der Waals surface area contributed by atoms with Crippen molar-refractivity contribution < 1.29 is 9.53 Å². The molecule has 0 fully saturated rings. The lowest BCUT2D eigenvalue weighted by atomic mass is 10.2. The topological polar surface area (TPSA) is 87.2 Å². The molecule has 0 amide bonds. The molecule has 2 heterocycles. The molecule has 0 spiro atoms. The molecule has 2 N–H and O–H groups in total. The van der Waals surface area contributed by atoms with Gasteiger partial charge in [0.1, 0.15) is 0 Å². The normalized spacial score (nSPS) is 10.6. The van der Waals surface area contributed by atoms with Gasteiger partial charge in [-0.05, 0) is 36.4 Å². The SMILES string of the molecule is CC(=O)Oc1ccc2c(=O)n(-c3ccc(N)cc3)ccc2n1. The maximum absolute atomic E-state index is 12.5. The van der Waals surface area contributed by atoms with E-state index in [0.717, 1.165) is 0 Å². The van der Waals surface area contributed by atoms with Crippen LogP contribution in [0.4, 0.5) is 5.69 Å². The summed E-state index contributed by atoms with van der Waals surface area (Å²) < 4.78 is 6.43. The van der Waals surface area contributed by atoms with E-state index in [2.05, 4.69) is 4.98 Å². The number of carbonyl (C=O) groups excluding carboxylic acids is 1. The fourth-order valence-corrected chi connectivity index (χ4v) is 2.15. The Morgan fingerprint density at radius 1 is 1.14 bits per heavy atom. The summed E-state index contributed by atoms with van der Waals surface area (Å²) in [5, 5.41) is 0.440. The summed E-state index contributed by atoms with van der Waals surface area (Å²) in [5.41, 5.74) is 7.26. The molecule has 3 rings (SSSR count). The summed E-state index contributed by atoms with van der Waals surface area (Å²) in [5.74, 6) is -0.285. The summed E-state index contributed by atoms with van der Waals surface area (Å²) in [7, 11) is 0. The molecule has 110 valence electrons.